The summed E-state index contributed by atoms with van der Waals surface area (Å²) in [5, 5.41) is 3.54. The van der Waals surface area contributed by atoms with E-state index in [-0.39, 0.29) is 0 Å². The van der Waals surface area contributed by atoms with Crippen LogP contribution in [0.3, 0.4) is 0 Å². The third kappa shape index (κ3) is 3.24. The smallest absolute Gasteiger partial charge is 0.0224 e. The molecule has 2 unspecified atom stereocenters. The van der Waals surface area contributed by atoms with E-state index in [2.05, 4.69) is 19.2 Å². The lowest BCUT2D eigenvalue weighted by Gasteiger charge is -1.94. The average molecular weight is 155 g/mol. The molecule has 0 aromatic rings. The Labute approximate surface area is 70.6 Å². The maximum absolute atomic E-state index is 3.54. The molecule has 0 aromatic carbocycles. The van der Waals surface area contributed by atoms with Crippen molar-refractivity contribution >= 4 is 0 Å². The standard InChI is InChI=1S/C10H21N/c1-3-5-7-9-10(11-9)8-6-4-2/h9-11H,3-8H2,1-2H3. The molecule has 2 atom stereocenters. The molecule has 1 heteroatoms. The van der Waals surface area contributed by atoms with Crippen LogP contribution in [0, 0.1) is 0 Å². The van der Waals surface area contributed by atoms with Gasteiger partial charge < -0.3 is 5.32 Å². The van der Waals surface area contributed by atoms with Crippen LogP contribution < -0.4 is 5.32 Å². The number of hydrogen-bond donors (Lipinski definition) is 1. The van der Waals surface area contributed by atoms with Crippen LogP contribution in [0.25, 0.3) is 0 Å². The summed E-state index contributed by atoms with van der Waals surface area (Å²) in [6, 6.07) is 1.78. The Kier molecular flexibility index (Phi) is 3.92. The van der Waals surface area contributed by atoms with Crippen molar-refractivity contribution in [1.82, 2.24) is 5.32 Å². The first-order valence-corrected chi connectivity index (χ1v) is 5.14. The molecule has 1 aliphatic heterocycles. The molecular weight excluding hydrogens is 134 g/mol. The molecule has 0 saturated carbocycles. The first-order valence-electron chi connectivity index (χ1n) is 5.14. The van der Waals surface area contributed by atoms with Crippen LogP contribution in [0.15, 0.2) is 0 Å². The second-order valence-corrected chi connectivity index (χ2v) is 3.66. The number of nitrogens with one attached hydrogen (secondary N) is 1. The Morgan fingerprint density at radius 1 is 0.909 bits per heavy atom. The van der Waals surface area contributed by atoms with E-state index in [1.165, 1.54) is 38.5 Å². The van der Waals surface area contributed by atoms with Gasteiger partial charge in [-0.2, -0.15) is 0 Å². The summed E-state index contributed by atoms with van der Waals surface area (Å²) in [6.45, 7) is 4.53. The van der Waals surface area contributed by atoms with Crippen molar-refractivity contribution < 1.29 is 0 Å². The Morgan fingerprint density at radius 2 is 1.36 bits per heavy atom. The molecule has 0 radical (unpaired) electrons. The third-order valence-corrected chi connectivity index (χ3v) is 2.54. The normalized spacial score (nSPS) is 28.9. The van der Waals surface area contributed by atoms with E-state index in [0.717, 1.165) is 12.1 Å². The van der Waals surface area contributed by atoms with Gasteiger partial charge in [0.05, 0.1) is 0 Å². The zero-order valence-corrected chi connectivity index (χ0v) is 7.90. The van der Waals surface area contributed by atoms with Gasteiger partial charge in [-0.15, -0.1) is 0 Å². The molecule has 1 rings (SSSR count). The minimum Gasteiger partial charge on any atom is -0.308 e. The lowest BCUT2D eigenvalue weighted by atomic mass is 10.1. The largest absolute Gasteiger partial charge is 0.308 e. The molecule has 0 aliphatic carbocycles. The lowest BCUT2D eigenvalue weighted by molar-refractivity contribution is 0.654. The van der Waals surface area contributed by atoms with Crippen LogP contribution in [0.2, 0.25) is 0 Å². The summed E-state index contributed by atoms with van der Waals surface area (Å²) in [5.74, 6) is 0. The number of rotatable bonds is 6. The molecule has 0 aromatic heterocycles. The maximum atomic E-state index is 3.54. The summed E-state index contributed by atoms with van der Waals surface area (Å²) in [7, 11) is 0. The van der Waals surface area contributed by atoms with Gasteiger partial charge in [0.1, 0.15) is 0 Å². The van der Waals surface area contributed by atoms with Gasteiger partial charge in [-0.3, -0.25) is 0 Å². The first-order chi connectivity index (χ1) is 5.38. The number of unbranched alkanes of at least 4 members (excludes halogenated alkanes) is 2. The van der Waals surface area contributed by atoms with Gasteiger partial charge in [0, 0.05) is 12.1 Å². The molecule has 0 bridgehead atoms. The second-order valence-electron chi connectivity index (χ2n) is 3.66. The van der Waals surface area contributed by atoms with Crippen LogP contribution in [-0.4, -0.2) is 12.1 Å². The van der Waals surface area contributed by atoms with E-state index in [1.54, 1.807) is 0 Å². The van der Waals surface area contributed by atoms with Gasteiger partial charge in [0.25, 0.3) is 0 Å². The molecule has 0 spiro atoms. The molecule has 1 N–H and O–H groups in total. The van der Waals surface area contributed by atoms with Crippen molar-refractivity contribution in [3.05, 3.63) is 0 Å². The van der Waals surface area contributed by atoms with Gasteiger partial charge in [0.15, 0.2) is 0 Å². The quantitative estimate of drug-likeness (QED) is 0.585. The van der Waals surface area contributed by atoms with Crippen molar-refractivity contribution in [3.63, 3.8) is 0 Å². The van der Waals surface area contributed by atoms with Gasteiger partial charge in [0.2, 0.25) is 0 Å². The number of hydrogen-bond acceptors (Lipinski definition) is 1. The van der Waals surface area contributed by atoms with Crippen molar-refractivity contribution in [2.75, 3.05) is 0 Å². The Bertz CT molecular complexity index is 89.0. The van der Waals surface area contributed by atoms with Crippen LogP contribution >= 0.6 is 0 Å². The van der Waals surface area contributed by atoms with Crippen molar-refractivity contribution in [1.29, 1.82) is 0 Å². The Morgan fingerprint density at radius 3 is 1.73 bits per heavy atom. The van der Waals surface area contributed by atoms with Crippen LogP contribution in [0.5, 0.6) is 0 Å². The van der Waals surface area contributed by atoms with Gasteiger partial charge in [-0.1, -0.05) is 39.5 Å². The van der Waals surface area contributed by atoms with Crippen molar-refractivity contribution in [3.8, 4) is 0 Å². The van der Waals surface area contributed by atoms with Crippen LogP contribution in [0.1, 0.15) is 52.4 Å². The molecule has 66 valence electrons. The highest BCUT2D eigenvalue weighted by atomic mass is 15.1. The topological polar surface area (TPSA) is 21.9 Å². The summed E-state index contributed by atoms with van der Waals surface area (Å²) in [4.78, 5) is 0. The SMILES string of the molecule is CCCCC1NC1CCCC. The van der Waals surface area contributed by atoms with E-state index in [9.17, 15) is 0 Å². The second kappa shape index (κ2) is 4.76. The first kappa shape index (κ1) is 9.05. The molecule has 0 amide bonds. The monoisotopic (exact) mass is 155 g/mol. The predicted octanol–water partition coefficient (Wildman–Crippen LogP) is 2.71. The third-order valence-electron chi connectivity index (χ3n) is 2.54. The lowest BCUT2D eigenvalue weighted by Crippen LogP contribution is -1.93. The van der Waals surface area contributed by atoms with E-state index in [4.69, 9.17) is 0 Å². The molecule has 1 heterocycles. The molecule has 1 nitrogen and oxygen atoms in total. The summed E-state index contributed by atoms with van der Waals surface area (Å²) < 4.78 is 0. The van der Waals surface area contributed by atoms with Gasteiger partial charge >= 0.3 is 0 Å². The van der Waals surface area contributed by atoms with E-state index in [1.807, 2.05) is 0 Å². The fourth-order valence-electron chi connectivity index (χ4n) is 1.64. The van der Waals surface area contributed by atoms with Gasteiger partial charge in [-0.25, -0.2) is 0 Å². The molecule has 11 heavy (non-hydrogen) atoms. The fourth-order valence-corrected chi connectivity index (χ4v) is 1.64. The predicted molar refractivity (Wildman–Crippen MR) is 49.8 cm³/mol. The minimum absolute atomic E-state index is 0.890. The highest BCUT2D eigenvalue weighted by Crippen LogP contribution is 2.22. The van der Waals surface area contributed by atoms with E-state index in [0.29, 0.717) is 0 Å². The molecule has 1 fully saturated rings. The molecular formula is C10H21N. The Balaban J connectivity index is 1.89. The van der Waals surface area contributed by atoms with Crippen molar-refractivity contribution in [2.24, 2.45) is 0 Å². The zero-order chi connectivity index (χ0) is 8.10. The van der Waals surface area contributed by atoms with E-state index >= 15 is 0 Å². The Hall–Kier alpha value is -0.0400. The minimum atomic E-state index is 0.890. The zero-order valence-electron chi connectivity index (χ0n) is 7.90. The fraction of sp³-hybridized carbons (Fsp3) is 1.00. The highest BCUT2D eigenvalue weighted by Gasteiger charge is 2.33. The summed E-state index contributed by atoms with van der Waals surface area (Å²) in [5.41, 5.74) is 0. The molecule has 1 saturated heterocycles. The summed E-state index contributed by atoms with van der Waals surface area (Å²) >= 11 is 0. The van der Waals surface area contributed by atoms with Crippen molar-refractivity contribution in [2.45, 2.75) is 64.5 Å². The summed E-state index contributed by atoms with van der Waals surface area (Å²) in [6.07, 6.45) is 8.31. The van der Waals surface area contributed by atoms with Gasteiger partial charge in [-0.05, 0) is 12.8 Å². The maximum Gasteiger partial charge on any atom is 0.0224 e. The van der Waals surface area contributed by atoms with Crippen LogP contribution in [-0.2, 0) is 0 Å². The van der Waals surface area contributed by atoms with Crippen LogP contribution in [0.4, 0.5) is 0 Å². The average Bonchev–Trinajstić information content (AvgIpc) is 2.76. The van der Waals surface area contributed by atoms with E-state index < -0.39 is 0 Å². The molecule has 1 aliphatic rings. The highest BCUT2D eigenvalue weighted by molar-refractivity contribution is 4.96.